The van der Waals surface area contributed by atoms with Gasteiger partial charge in [-0.2, -0.15) is 4.31 Å². The van der Waals surface area contributed by atoms with Gasteiger partial charge in [-0.25, -0.2) is 13.2 Å². The van der Waals surface area contributed by atoms with Crippen LogP contribution < -0.4 is 5.32 Å². The van der Waals surface area contributed by atoms with Crippen LogP contribution in [0.4, 0.5) is 0 Å². The van der Waals surface area contributed by atoms with Crippen molar-refractivity contribution in [2.24, 2.45) is 11.8 Å². The second kappa shape index (κ2) is 10.6. The Labute approximate surface area is 205 Å². The third kappa shape index (κ3) is 5.34. The summed E-state index contributed by atoms with van der Waals surface area (Å²) in [5, 5.41) is 13.3. The first-order valence-electron chi connectivity index (χ1n) is 12.2. The molecule has 0 spiro atoms. The Balaban J connectivity index is 1.55. The van der Waals surface area contributed by atoms with Crippen LogP contribution in [0.15, 0.2) is 23.1 Å². The van der Waals surface area contributed by atoms with E-state index in [4.69, 9.17) is 4.74 Å². The zero-order valence-corrected chi connectivity index (χ0v) is 21.1. The number of benzene rings is 1. The summed E-state index contributed by atoms with van der Waals surface area (Å²) in [6.07, 6.45) is 3.91. The van der Waals surface area contributed by atoms with Crippen molar-refractivity contribution >= 4 is 32.8 Å². The number of nitrogens with zero attached hydrogens (tertiary/aromatic N) is 2. The molecule has 2 aliphatic rings. The summed E-state index contributed by atoms with van der Waals surface area (Å²) in [5.41, 5.74) is 2.18. The molecule has 1 aliphatic heterocycles. The number of sulfonamides is 1. The van der Waals surface area contributed by atoms with E-state index in [1.807, 2.05) is 0 Å². The molecule has 1 atom stereocenters. The number of amides is 1. The molecule has 190 valence electrons. The fourth-order valence-corrected chi connectivity index (χ4v) is 6.57. The van der Waals surface area contributed by atoms with Crippen LogP contribution in [0, 0.1) is 11.8 Å². The third-order valence-corrected chi connectivity index (χ3v) is 8.96. The molecule has 2 aromatic rings. The van der Waals surface area contributed by atoms with Gasteiger partial charge in [0.25, 0.3) is 0 Å². The van der Waals surface area contributed by atoms with Crippen molar-refractivity contribution in [2.45, 2.75) is 50.3 Å². The normalized spacial score (nSPS) is 19.4. The largest absolute Gasteiger partial charge is 0.478 e. The van der Waals surface area contributed by atoms with Crippen LogP contribution in [0.25, 0.3) is 10.9 Å². The van der Waals surface area contributed by atoms with Crippen molar-refractivity contribution in [3.63, 3.8) is 0 Å². The maximum atomic E-state index is 13.4. The molecule has 2 N–H and O–H groups in total. The minimum Gasteiger partial charge on any atom is -0.478 e. The standard InChI is InChI=1S/C25H33N3O6S/c1-16-4-6-21-19(14-16)23(25(30)31)20-15-18(5-7-22(20)27-21)35(32,33)28-11-8-17(9-12-28)24(29)26-10-3-13-34-2/h5,7,15-17H,3-4,6,8-14H2,1-2H3,(H,26,29)(H,30,31)/t16-/m0/s1. The van der Waals surface area contributed by atoms with E-state index in [1.165, 1.54) is 16.4 Å². The number of piperidine rings is 1. The van der Waals surface area contributed by atoms with Gasteiger partial charge in [0.1, 0.15) is 0 Å². The molecule has 1 aromatic heterocycles. The molecule has 0 radical (unpaired) electrons. The van der Waals surface area contributed by atoms with Crippen molar-refractivity contribution in [1.82, 2.24) is 14.6 Å². The summed E-state index contributed by atoms with van der Waals surface area (Å²) in [5.74, 6) is -0.989. The molecule has 0 unspecified atom stereocenters. The van der Waals surface area contributed by atoms with Crippen molar-refractivity contribution in [1.29, 1.82) is 0 Å². The molecule has 35 heavy (non-hydrogen) atoms. The molecule has 0 bridgehead atoms. The van der Waals surface area contributed by atoms with Gasteiger partial charge >= 0.3 is 5.97 Å². The predicted octanol–water partition coefficient (Wildman–Crippen LogP) is 2.61. The Morgan fingerprint density at radius 3 is 2.66 bits per heavy atom. The molecule has 2 heterocycles. The molecule has 1 aromatic carbocycles. The van der Waals surface area contributed by atoms with Gasteiger partial charge in [-0.1, -0.05) is 6.92 Å². The molecule has 10 heteroatoms. The monoisotopic (exact) mass is 503 g/mol. The smallest absolute Gasteiger partial charge is 0.336 e. The fraction of sp³-hybridized carbons (Fsp3) is 0.560. The predicted molar refractivity (Wildman–Crippen MR) is 131 cm³/mol. The minimum absolute atomic E-state index is 0.0555. The van der Waals surface area contributed by atoms with Gasteiger partial charge in [0.2, 0.25) is 15.9 Å². The lowest BCUT2D eigenvalue weighted by molar-refractivity contribution is -0.126. The Bertz CT molecular complexity index is 1220. The van der Waals surface area contributed by atoms with Gasteiger partial charge in [-0.3, -0.25) is 9.78 Å². The van der Waals surface area contributed by atoms with Crippen molar-refractivity contribution in [3.8, 4) is 0 Å². The van der Waals surface area contributed by atoms with Crippen molar-refractivity contribution in [3.05, 3.63) is 35.0 Å². The van der Waals surface area contributed by atoms with E-state index in [0.717, 1.165) is 30.5 Å². The maximum Gasteiger partial charge on any atom is 0.336 e. The Morgan fingerprint density at radius 2 is 1.97 bits per heavy atom. The van der Waals surface area contributed by atoms with E-state index in [0.29, 0.717) is 49.2 Å². The Kier molecular flexibility index (Phi) is 7.73. The second-order valence-corrected chi connectivity index (χ2v) is 11.5. The summed E-state index contributed by atoms with van der Waals surface area (Å²) in [7, 11) is -2.23. The van der Waals surface area contributed by atoms with E-state index < -0.39 is 16.0 Å². The zero-order valence-electron chi connectivity index (χ0n) is 20.2. The number of methoxy groups -OCH3 is 1. The summed E-state index contributed by atoms with van der Waals surface area (Å²) >= 11 is 0. The molecule has 0 saturated carbocycles. The van der Waals surface area contributed by atoms with Crippen LogP contribution >= 0.6 is 0 Å². The number of carbonyl (C=O) groups excluding carboxylic acids is 1. The van der Waals surface area contributed by atoms with Crippen LogP contribution in [-0.4, -0.2) is 68.0 Å². The van der Waals surface area contributed by atoms with E-state index in [1.54, 1.807) is 13.2 Å². The number of carboxylic acid groups (broad SMARTS) is 1. The van der Waals surface area contributed by atoms with E-state index >= 15 is 0 Å². The molecular weight excluding hydrogens is 470 g/mol. The average molecular weight is 504 g/mol. The number of rotatable bonds is 8. The molecule has 4 rings (SSSR count). The first kappa shape index (κ1) is 25.5. The number of aryl methyl sites for hydroxylation is 1. The van der Waals surface area contributed by atoms with Gasteiger partial charge in [-0.05, 0) is 68.2 Å². The van der Waals surface area contributed by atoms with Gasteiger partial charge in [0.05, 0.1) is 16.0 Å². The molecule has 1 aliphatic carbocycles. The van der Waals surface area contributed by atoms with Gasteiger partial charge in [0.15, 0.2) is 0 Å². The van der Waals surface area contributed by atoms with Gasteiger partial charge in [-0.15, -0.1) is 0 Å². The SMILES string of the molecule is COCCCNC(=O)C1CCN(S(=O)(=O)c2ccc3nc4c(c(C(=O)O)c3c2)C[C@@H](C)CC4)CC1. The minimum atomic E-state index is -3.84. The number of carbonyl (C=O) groups is 2. The van der Waals surface area contributed by atoms with Crippen LogP contribution in [0.5, 0.6) is 0 Å². The molecular formula is C25H33N3O6S. The number of pyridine rings is 1. The lowest BCUT2D eigenvalue weighted by Gasteiger charge is -2.30. The number of fused-ring (bicyclic) bond motifs is 2. The number of hydrogen-bond acceptors (Lipinski definition) is 6. The molecule has 1 amide bonds. The lowest BCUT2D eigenvalue weighted by atomic mass is 9.84. The summed E-state index contributed by atoms with van der Waals surface area (Å²) < 4.78 is 33.2. The van der Waals surface area contributed by atoms with Crippen molar-refractivity contribution < 1.29 is 27.9 Å². The Morgan fingerprint density at radius 1 is 1.23 bits per heavy atom. The first-order chi connectivity index (χ1) is 16.7. The quantitative estimate of drug-likeness (QED) is 0.530. The fourth-order valence-electron chi connectivity index (χ4n) is 5.08. The topological polar surface area (TPSA) is 126 Å². The highest BCUT2D eigenvalue weighted by Gasteiger charge is 2.33. The number of nitrogens with one attached hydrogen (secondary N) is 1. The summed E-state index contributed by atoms with van der Waals surface area (Å²) in [6.45, 7) is 3.67. The molecule has 1 saturated heterocycles. The first-order valence-corrected chi connectivity index (χ1v) is 13.6. The van der Waals surface area contributed by atoms with Gasteiger partial charge in [0, 0.05) is 50.3 Å². The number of aromatic carboxylic acids is 1. The van der Waals surface area contributed by atoms with Crippen LogP contribution in [0.2, 0.25) is 0 Å². The second-order valence-electron chi connectivity index (χ2n) is 9.56. The number of carboxylic acids is 1. The highest BCUT2D eigenvalue weighted by atomic mass is 32.2. The average Bonchev–Trinajstić information content (AvgIpc) is 2.84. The van der Waals surface area contributed by atoms with Crippen LogP contribution in [0.1, 0.15) is 54.2 Å². The molecule has 9 nitrogen and oxygen atoms in total. The highest BCUT2D eigenvalue weighted by molar-refractivity contribution is 7.89. The highest BCUT2D eigenvalue weighted by Crippen LogP contribution is 2.33. The summed E-state index contributed by atoms with van der Waals surface area (Å²) in [4.78, 5) is 29.4. The molecule has 1 fully saturated rings. The lowest BCUT2D eigenvalue weighted by Crippen LogP contribution is -2.43. The van der Waals surface area contributed by atoms with E-state index in [-0.39, 0.29) is 35.4 Å². The summed E-state index contributed by atoms with van der Waals surface area (Å²) in [6, 6.07) is 4.56. The van der Waals surface area contributed by atoms with Gasteiger partial charge < -0.3 is 15.2 Å². The number of hydrogen-bond donors (Lipinski definition) is 2. The van der Waals surface area contributed by atoms with Crippen LogP contribution in [0.3, 0.4) is 0 Å². The van der Waals surface area contributed by atoms with E-state index in [2.05, 4.69) is 17.2 Å². The Hall–Kier alpha value is -2.56. The third-order valence-electron chi connectivity index (χ3n) is 7.07. The number of aromatic nitrogens is 1. The van der Waals surface area contributed by atoms with E-state index in [9.17, 15) is 23.1 Å². The maximum absolute atomic E-state index is 13.4. The van der Waals surface area contributed by atoms with Crippen molar-refractivity contribution in [2.75, 3.05) is 33.4 Å². The zero-order chi connectivity index (χ0) is 25.2. The van der Waals surface area contributed by atoms with Crippen LogP contribution in [-0.2, 0) is 32.4 Å². The number of ether oxygens (including phenoxy) is 1.